The van der Waals surface area contributed by atoms with E-state index >= 15 is 0 Å². The van der Waals surface area contributed by atoms with E-state index in [1.54, 1.807) is 11.3 Å². The second-order valence-corrected chi connectivity index (χ2v) is 7.71. The Kier molecular flexibility index (Phi) is 5.60. The summed E-state index contributed by atoms with van der Waals surface area (Å²) in [6.07, 6.45) is 8.35. The van der Waals surface area contributed by atoms with Crippen LogP contribution in [-0.4, -0.2) is 24.8 Å². The lowest BCUT2D eigenvalue weighted by molar-refractivity contribution is -0.118. The Morgan fingerprint density at radius 3 is 2.58 bits per heavy atom. The molecule has 0 amide bonds. The van der Waals surface area contributed by atoms with E-state index in [0.717, 1.165) is 30.4 Å². The Morgan fingerprint density at radius 2 is 2.05 bits per heavy atom. The normalized spacial score (nSPS) is 19.3. The second kappa shape index (κ2) is 7.00. The molecule has 4 heteroatoms. The van der Waals surface area contributed by atoms with Gasteiger partial charge in [0.2, 0.25) is 0 Å². The average molecular weight is 344 g/mol. The van der Waals surface area contributed by atoms with Crippen molar-refractivity contribution in [1.82, 2.24) is 4.90 Å². The van der Waals surface area contributed by atoms with Crippen molar-refractivity contribution in [1.29, 1.82) is 0 Å². The number of carbonyl (C=O) groups is 1. The Labute approximate surface area is 128 Å². The Hall–Kier alpha value is -0.190. The monoisotopic (exact) mass is 343 g/mol. The summed E-state index contributed by atoms with van der Waals surface area (Å²) in [4.78, 5) is 15.2. The molecule has 1 aliphatic carbocycles. The van der Waals surface area contributed by atoms with Crippen molar-refractivity contribution in [2.24, 2.45) is 5.41 Å². The zero-order valence-electron chi connectivity index (χ0n) is 11.5. The molecule has 0 unspecified atom stereocenters. The van der Waals surface area contributed by atoms with Crippen LogP contribution in [0.15, 0.2) is 15.9 Å². The molecular weight excluding hydrogens is 322 g/mol. The molecule has 1 heterocycles. The largest absolute Gasteiger partial charge is 0.303 e. The first kappa shape index (κ1) is 15.2. The molecule has 19 heavy (non-hydrogen) atoms. The number of thiophene rings is 1. The van der Waals surface area contributed by atoms with Gasteiger partial charge in [0.15, 0.2) is 0 Å². The van der Waals surface area contributed by atoms with Gasteiger partial charge in [-0.3, -0.25) is 0 Å². The van der Waals surface area contributed by atoms with Gasteiger partial charge in [0, 0.05) is 33.2 Å². The molecule has 0 N–H and O–H groups in total. The molecule has 2 nitrogen and oxygen atoms in total. The first-order chi connectivity index (χ1) is 9.13. The summed E-state index contributed by atoms with van der Waals surface area (Å²) in [6, 6.07) is 2.17. The molecule has 2 rings (SSSR count). The maximum absolute atomic E-state index is 11.6. The lowest BCUT2D eigenvalue weighted by Gasteiger charge is -2.31. The lowest BCUT2D eigenvalue weighted by atomic mass is 9.81. The number of rotatable bonds is 5. The van der Waals surface area contributed by atoms with Crippen LogP contribution in [0.3, 0.4) is 0 Å². The van der Waals surface area contributed by atoms with Crippen LogP contribution < -0.4 is 0 Å². The molecule has 1 aliphatic rings. The topological polar surface area (TPSA) is 20.3 Å². The predicted octanol–water partition coefficient (Wildman–Crippen LogP) is 4.48. The molecule has 1 aromatic rings. The molecular formula is C15H22BrNOS. The van der Waals surface area contributed by atoms with Gasteiger partial charge in [0.1, 0.15) is 6.29 Å². The Bertz CT molecular complexity index is 410. The van der Waals surface area contributed by atoms with Crippen LogP contribution >= 0.6 is 27.3 Å². The summed E-state index contributed by atoms with van der Waals surface area (Å²) in [5, 5.41) is 2.12. The van der Waals surface area contributed by atoms with E-state index in [-0.39, 0.29) is 5.41 Å². The van der Waals surface area contributed by atoms with Crippen LogP contribution in [0.25, 0.3) is 0 Å². The van der Waals surface area contributed by atoms with Gasteiger partial charge in [0.05, 0.1) is 0 Å². The molecule has 0 aromatic carbocycles. The van der Waals surface area contributed by atoms with Gasteiger partial charge in [-0.1, -0.05) is 25.7 Å². The number of hydrogen-bond donors (Lipinski definition) is 0. The standard InChI is InChI=1S/C15H22BrNOS/c1-17(9-14-8-13(16)10-19-14)11-15(12-18)6-4-2-3-5-7-15/h8,10,12H,2-7,9,11H2,1H3. The van der Waals surface area contributed by atoms with Crippen molar-refractivity contribution < 1.29 is 4.79 Å². The molecule has 0 spiro atoms. The molecule has 0 saturated heterocycles. The molecule has 1 aromatic heterocycles. The molecule has 106 valence electrons. The van der Waals surface area contributed by atoms with Gasteiger partial charge in [-0.25, -0.2) is 0 Å². The second-order valence-electron chi connectivity index (χ2n) is 5.80. The minimum Gasteiger partial charge on any atom is -0.303 e. The van der Waals surface area contributed by atoms with E-state index in [1.807, 2.05) is 0 Å². The minimum atomic E-state index is -0.0975. The molecule has 1 saturated carbocycles. The number of hydrogen-bond acceptors (Lipinski definition) is 3. The van der Waals surface area contributed by atoms with Gasteiger partial charge < -0.3 is 9.69 Å². The fourth-order valence-corrected chi connectivity index (χ4v) is 4.57. The van der Waals surface area contributed by atoms with Gasteiger partial charge >= 0.3 is 0 Å². The van der Waals surface area contributed by atoms with E-state index in [2.05, 4.69) is 39.3 Å². The van der Waals surface area contributed by atoms with E-state index in [9.17, 15) is 4.79 Å². The summed E-state index contributed by atoms with van der Waals surface area (Å²) in [7, 11) is 2.13. The maximum atomic E-state index is 11.6. The van der Waals surface area contributed by atoms with Crippen LogP contribution in [0.4, 0.5) is 0 Å². The van der Waals surface area contributed by atoms with Gasteiger partial charge in [-0.15, -0.1) is 11.3 Å². The van der Waals surface area contributed by atoms with Crippen LogP contribution in [0.5, 0.6) is 0 Å². The number of carbonyl (C=O) groups excluding carboxylic acids is 1. The van der Waals surface area contributed by atoms with E-state index < -0.39 is 0 Å². The third kappa shape index (κ3) is 4.40. The molecule has 0 aliphatic heterocycles. The first-order valence-corrected chi connectivity index (χ1v) is 8.69. The van der Waals surface area contributed by atoms with Crippen molar-refractivity contribution in [3.8, 4) is 0 Å². The highest BCUT2D eigenvalue weighted by atomic mass is 79.9. The highest BCUT2D eigenvalue weighted by molar-refractivity contribution is 9.10. The van der Waals surface area contributed by atoms with Gasteiger partial charge in [0.25, 0.3) is 0 Å². The van der Waals surface area contributed by atoms with Crippen LogP contribution in [-0.2, 0) is 11.3 Å². The average Bonchev–Trinajstić information content (AvgIpc) is 2.65. The van der Waals surface area contributed by atoms with E-state index in [4.69, 9.17) is 0 Å². The third-order valence-electron chi connectivity index (χ3n) is 3.98. The molecule has 0 atom stereocenters. The smallest absolute Gasteiger partial charge is 0.127 e. The fraction of sp³-hybridized carbons (Fsp3) is 0.667. The summed E-state index contributed by atoms with van der Waals surface area (Å²) >= 11 is 5.26. The third-order valence-corrected chi connectivity index (χ3v) is 5.66. The zero-order valence-corrected chi connectivity index (χ0v) is 13.9. The molecule has 0 bridgehead atoms. The predicted molar refractivity (Wildman–Crippen MR) is 84.6 cm³/mol. The fourth-order valence-electron chi connectivity index (χ4n) is 3.04. The quantitative estimate of drug-likeness (QED) is 0.580. The summed E-state index contributed by atoms with van der Waals surface area (Å²) in [5.74, 6) is 0. The highest BCUT2D eigenvalue weighted by Crippen LogP contribution is 2.34. The van der Waals surface area contributed by atoms with E-state index in [1.165, 1.54) is 36.8 Å². The summed E-state index contributed by atoms with van der Waals surface area (Å²) in [5.41, 5.74) is -0.0975. The SMILES string of the molecule is CN(Cc1cc(Br)cs1)CC1(C=O)CCCCCC1. The minimum absolute atomic E-state index is 0.0975. The maximum Gasteiger partial charge on any atom is 0.127 e. The van der Waals surface area contributed by atoms with Crippen LogP contribution in [0.2, 0.25) is 0 Å². The zero-order chi connectivity index (χ0) is 13.7. The van der Waals surface area contributed by atoms with Crippen molar-refractivity contribution in [2.45, 2.75) is 45.1 Å². The number of nitrogens with zero attached hydrogens (tertiary/aromatic N) is 1. The first-order valence-electron chi connectivity index (χ1n) is 7.01. The number of aldehydes is 1. The molecule has 1 fully saturated rings. The van der Waals surface area contributed by atoms with Crippen molar-refractivity contribution in [3.63, 3.8) is 0 Å². The summed E-state index contributed by atoms with van der Waals surface area (Å²) < 4.78 is 1.15. The summed E-state index contributed by atoms with van der Waals surface area (Å²) in [6.45, 7) is 1.83. The Morgan fingerprint density at radius 1 is 1.37 bits per heavy atom. The van der Waals surface area contributed by atoms with Crippen molar-refractivity contribution in [3.05, 3.63) is 20.8 Å². The van der Waals surface area contributed by atoms with Crippen molar-refractivity contribution >= 4 is 33.6 Å². The van der Waals surface area contributed by atoms with Crippen molar-refractivity contribution in [2.75, 3.05) is 13.6 Å². The molecule has 0 radical (unpaired) electrons. The number of halogens is 1. The van der Waals surface area contributed by atoms with Gasteiger partial charge in [-0.05, 0) is 41.9 Å². The van der Waals surface area contributed by atoms with E-state index in [0.29, 0.717) is 0 Å². The lowest BCUT2D eigenvalue weighted by Crippen LogP contribution is -2.36. The van der Waals surface area contributed by atoms with Crippen LogP contribution in [0.1, 0.15) is 43.4 Å². The Balaban J connectivity index is 1.95. The van der Waals surface area contributed by atoms with Gasteiger partial charge in [-0.2, -0.15) is 0 Å². The van der Waals surface area contributed by atoms with Crippen LogP contribution in [0, 0.1) is 5.41 Å². The highest BCUT2D eigenvalue weighted by Gasteiger charge is 2.31.